The summed E-state index contributed by atoms with van der Waals surface area (Å²) in [5, 5.41) is 19.2. The smallest absolute Gasteiger partial charge is 0.338 e. The van der Waals surface area contributed by atoms with E-state index in [0.29, 0.717) is 34.4 Å². The number of halogens is 2. The third-order valence-corrected chi connectivity index (χ3v) is 7.75. The summed E-state index contributed by atoms with van der Waals surface area (Å²) < 4.78 is 34.4. The molecular weight excluding hydrogens is 488 g/mol. The van der Waals surface area contributed by atoms with E-state index in [2.05, 4.69) is 10.6 Å². The van der Waals surface area contributed by atoms with Crippen molar-refractivity contribution in [3.63, 3.8) is 0 Å². The summed E-state index contributed by atoms with van der Waals surface area (Å²) in [6.45, 7) is 3.43. The molecule has 0 aliphatic carbocycles. The van der Waals surface area contributed by atoms with Gasteiger partial charge in [0.2, 0.25) is 0 Å². The molecule has 4 aromatic rings. The molecular formula is C28H29F2N7O. The average molecular weight is 518 g/mol. The van der Waals surface area contributed by atoms with Crippen LogP contribution in [0.1, 0.15) is 53.3 Å². The monoisotopic (exact) mass is 517 g/mol. The molecule has 8 nitrogen and oxygen atoms in total. The molecule has 2 aromatic carbocycles. The number of rotatable bonds is 5. The zero-order chi connectivity index (χ0) is 26.7. The van der Waals surface area contributed by atoms with E-state index < -0.39 is 11.5 Å². The number of piperidine rings is 1. The summed E-state index contributed by atoms with van der Waals surface area (Å²) in [5.74, 6) is -0.356. The standard InChI is InChI=1S/C28H29F2N7O/c1-15-11-18(12-16(2)25(15)29)37-27(24-21-6-4-5-17(33-21)13-22(24)34-37)36-10-9-35(28(36)38)23-8-7-20(32-3)19(14-31)26(23)30/h7-12,14,17,21,31-33H,4-6,13H2,1-3H3. The summed E-state index contributed by atoms with van der Waals surface area (Å²) in [6.07, 6.45) is 7.88. The molecule has 196 valence electrons. The lowest BCUT2D eigenvalue weighted by Crippen LogP contribution is -2.43. The second kappa shape index (κ2) is 9.05. The van der Waals surface area contributed by atoms with Crippen LogP contribution < -0.4 is 16.3 Å². The minimum Gasteiger partial charge on any atom is -0.388 e. The summed E-state index contributed by atoms with van der Waals surface area (Å²) in [4.78, 5) is 13.9. The van der Waals surface area contributed by atoms with E-state index in [1.165, 1.54) is 21.4 Å². The zero-order valence-corrected chi connectivity index (χ0v) is 21.5. The average Bonchev–Trinajstić information content (AvgIpc) is 3.47. The largest absolute Gasteiger partial charge is 0.388 e. The molecule has 0 spiro atoms. The van der Waals surface area contributed by atoms with Crippen LogP contribution in [0, 0.1) is 30.9 Å². The number of fused-ring (bicyclic) bond motifs is 4. The molecule has 6 rings (SSSR count). The second-order valence-electron chi connectivity index (χ2n) is 10.1. The summed E-state index contributed by atoms with van der Waals surface area (Å²) in [7, 11) is 1.65. The molecule has 1 saturated heterocycles. The summed E-state index contributed by atoms with van der Waals surface area (Å²) in [5.41, 5.74) is 3.64. The fourth-order valence-corrected chi connectivity index (χ4v) is 5.92. The van der Waals surface area contributed by atoms with Gasteiger partial charge in [-0.1, -0.05) is 0 Å². The van der Waals surface area contributed by atoms with Crippen molar-refractivity contribution in [1.82, 2.24) is 24.2 Å². The van der Waals surface area contributed by atoms with Crippen molar-refractivity contribution in [3.05, 3.63) is 86.7 Å². The molecule has 2 aliphatic heterocycles. The third-order valence-electron chi connectivity index (χ3n) is 7.75. The number of aryl methyl sites for hydroxylation is 2. The van der Waals surface area contributed by atoms with Crippen LogP contribution in [0.25, 0.3) is 17.2 Å². The van der Waals surface area contributed by atoms with Crippen LogP contribution >= 0.6 is 0 Å². The van der Waals surface area contributed by atoms with E-state index in [4.69, 9.17) is 10.5 Å². The van der Waals surface area contributed by atoms with Crippen molar-refractivity contribution in [2.45, 2.75) is 51.6 Å². The SMILES string of the molecule is CNc1ccc(-n2ccn(-c3c4c(nn3-c3cc(C)c(F)c(C)c3)CC3CCCC4N3)c2=O)c(F)c1C=N. The predicted octanol–water partition coefficient (Wildman–Crippen LogP) is 4.49. The van der Waals surface area contributed by atoms with Gasteiger partial charge in [-0.2, -0.15) is 5.10 Å². The Morgan fingerprint density at radius 3 is 2.55 bits per heavy atom. The molecule has 2 bridgehead atoms. The van der Waals surface area contributed by atoms with Crippen molar-refractivity contribution in [2.75, 3.05) is 12.4 Å². The first-order valence-electron chi connectivity index (χ1n) is 12.8. The van der Waals surface area contributed by atoms with Crippen LogP contribution in [-0.4, -0.2) is 38.2 Å². The lowest BCUT2D eigenvalue weighted by molar-refractivity contribution is 0.300. The van der Waals surface area contributed by atoms with Crippen LogP contribution in [0.4, 0.5) is 14.5 Å². The molecule has 1 fully saturated rings. The van der Waals surface area contributed by atoms with Crippen molar-refractivity contribution in [3.8, 4) is 17.2 Å². The quantitative estimate of drug-likeness (QED) is 0.340. The van der Waals surface area contributed by atoms with Crippen LogP contribution in [0.5, 0.6) is 0 Å². The first-order valence-corrected chi connectivity index (χ1v) is 12.8. The van der Waals surface area contributed by atoms with Crippen LogP contribution in [0.3, 0.4) is 0 Å². The number of nitrogens with zero attached hydrogens (tertiary/aromatic N) is 4. The highest BCUT2D eigenvalue weighted by atomic mass is 19.1. The summed E-state index contributed by atoms with van der Waals surface area (Å²) >= 11 is 0. The highest BCUT2D eigenvalue weighted by Crippen LogP contribution is 2.38. The van der Waals surface area contributed by atoms with E-state index in [9.17, 15) is 9.18 Å². The maximum Gasteiger partial charge on any atom is 0.338 e. The Morgan fingerprint density at radius 1 is 1.11 bits per heavy atom. The van der Waals surface area contributed by atoms with Crippen LogP contribution in [0.2, 0.25) is 0 Å². The van der Waals surface area contributed by atoms with E-state index in [1.807, 2.05) is 0 Å². The number of nitrogens with one attached hydrogen (secondary N) is 3. The first-order chi connectivity index (χ1) is 18.3. The van der Waals surface area contributed by atoms with Gasteiger partial charge in [-0.15, -0.1) is 0 Å². The van der Waals surface area contributed by atoms with E-state index >= 15 is 4.39 Å². The molecule has 10 heteroatoms. The van der Waals surface area contributed by atoms with Crippen molar-refractivity contribution < 1.29 is 8.78 Å². The van der Waals surface area contributed by atoms with Gasteiger partial charge in [0.25, 0.3) is 0 Å². The van der Waals surface area contributed by atoms with Crippen molar-refractivity contribution >= 4 is 11.9 Å². The fourth-order valence-electron chi connectivity index (χ4n) is 5.92. The molecule has 0 saturated carbocycles. The van der Waals surface area contributed by atoms with Gasteiger partial charge in [-0.25, -0.2) is 18.3 Å². The van der Waals surface area contributed by atoms with E-state index in [-0.39, 0.29) is 23.1 Å². The number of benzene rings is 2. The minimum atomic E-state index is -0.663. The highest BCUT2D eigenvalue weighted by Gasteiger charge is 2.36. The molecule has 2 aromatic heterocycles. The summed E-state index contributed by atoms with van der Waals surface area (Å²) in [6, 6.07) is 7.00. The maximum absolute atomic E-state index is 15.4. The Labute approximate surface area is 218 Å². The molecule has 3 N–H and O–H groups in total. The van der Waals surface area contributed by atoms with Gasteiger partial charge in [-0.05, 0) is 68.5 Å². The van der Waals surface area contributed by atoms with Gasteiger partial charge in [0.1, 0.15) is 11.6 Å². The van der Waals surface area contributed by atoms with E-state index in [1.54, 1.807) is 50.0 Å². The Hall–Kier alpha value is -4.05. The van der Waals surface area contributed by atoms with Gasteiger partial charge in [-0.3, -0.25) is 9.13 Å². The lowest BCUT2D eigenvalue weighted by Gasteiger charge is -2.35. The van der Waals surface area contributed by atoms with Crippen LogP contribution in [0.15, 0.2) is 41.5 Å². The van der Waals surface area contributed by atoms with Crippen LogP contribution in [-0.2, 0) is 6.42 Å². The fraction of sp³-hybridized carbons (Fsp3) is 0.321. The molecule has 38 heavy (non-hydrogen) atoms. The molecule has 2 unspecified atom stereocenters. The highest BCUT2D eigenvalue weighted by molar-refractivity contribution is 5.87. The first kappa shape index (κ1) is 24.3. The van der Waals surface area contributed by atoms with Gasteiger partial charge >= 0.3 is 5.69 Å². The van der Waals surface area contributed by atoms with E-state index in [0.717, 1.165) is 43.2 Å². The van der Waals surface area contributed by atoms with Gasteiger partial charge in [0.05, 0.1) is 22.6 Å². The van der Waals surface area contributed by atoms with Gasteiger partial charge in [0, 0.05) is 55.4 Å². The second-order valence-corrected chi connectivity index (χ2v) is 10.1. The zero-order valence-electron chi connectivity index (χ0n) is 21.5. The number of hydrogen-bond acceptors (Lipinski definition) is 5. The lowest BCUT2D eigenvalue weighted by atomic mass is 9.85. The Kier molecular flexibility index (Phi) is 5.79. The minimum absolute atomic E-state index is 0.0373. The van der Waals surface area contributed by atoms with Crippen molar-refractivity contribution in [2.24, 2.45) is 0 Å². The Balaban J connectivity index is 1.58. The molecule has 4 heterocycles. The number of anilines is 1. The van der Waals surface area contributed by atoms with Gasteiger partial charge in [0.15, 0.2) is 5.82 Å². The third kappa shape index (κ3) is 3.62. The van der Waals surface area contributed by atoms with Gasteiger partial charge < -0.3 is 16.0 Å². The normalized spacial score (nSPS) is 18.3. The molecule has 2 aliphatic rings. The Bertz CT molecular complexity index is 1620. The number of hydrogen-bond donors (Lipinski definition) is 3. The maximum atomic E-state index is 15.4. The number of aromatic nitrogens is 4. The predicted molar refractivity (Wildman–Crippen MR) is 143 cm³/mol. The molecule has 0 radical (unpaired) electrons. The van der Waals surface area contributed by atoms with Crippen molar-refractivity contribution in [1.29, 1.82) is 5.41 Å². The number of imidazole rings is 1. The topological polar surface area (TPSA) is 92.7 Å². The molecule has 0 amide bonds. The molecule has 2 atom stereocenters. The Morgan fingerprint density at radius 2 is 1.84 bits per heavy atom.